The molecule has 1 aromatic carbocycles. The number of nitrogens with zero attached hydrogens (tertiary/aromatic N) is 2. The predicted molar refractivity (Wildman–Crippen MR) is 63.9 cm³/mol. The van der Waals surface area contributed by atoms with Crippen molar-refractivity contribution in [3.05, 3.63) is 45.4 Å². The molecule has 82 valence electrons. The van der Waals surface area contributed by atoms with Crippen LogP contribution in [0.3, 0.4) is 0 Å². The van der Waals surface area contributed by atoms with Crippen molar-refractivity contribution in [2.24, 2.45) is 0 Å². The summed E-state index contributed by atoms with van der Waals surface area (Å²) in [4.78, 5) is 7.76. The maximum Gasteiger partial charge on any atom is 0.322 e. The molecule has 1 heterocycles. The minimum absolute atomic E-state index is 0.0884. The van der Waals surface area contributed by atoms with E-state index in [0.717, 1.165) is 4.47 Å². The highest BCUT2D eigenvalue weighted by Gasteiger charge is 2.06. The first kappa shape index (κ1) is 11.5. The second-order valence-electron chi connectivity index (χ2n) is 2.86. The zero-order valence-corrected chi connectivity index (χ0v) is 11.0. The molecule has 16 heavy (non-hydrogen) atoms. The lowest BCUT2D eigenvalue weighted by Gasteiger charge is -2.04. The summed E-state index contributed by atoms with van der Waals surface area (Å²) in [6.07, 6.45) is 3.05. The standard InChI is InChI=1S/C10H5Br2FN2O/c11-6-1-2-9(8(13)3-6)16-10-14-4-7(12)5-15-10/h1-5H. The van der Waals surface area contributed by atoms with Gasteiger partial charge in [0.1, 0.15) is 0 Å². The third-order valence-electron chi connectivity index (χ3n) is 1.69. The molecule has 0 amide bonds. The molecule has 6 heteroatoms. The summed E-state index contributed by atoms with van der Waals surface area (Å²) in [7, 11) is 0. The molecule has 0 spiro atoms. The minimum atomic E-state index is -0.471. The highest BCUT2D eigenvalue weighted by molar-refractivity contribution is 9.10. The minimum Gasteiger partial charge on any atom is -0.421 e. The smallest absolute Gasteiger partial charge is 0.322 e. The summed E-state index contributed by atoms with van der Waals surface area (Å²) in [6.45, 7) is 0. The van der Waals surface area contributed by atoms with Gasteiger partial charge in [-0.25, -0.2) is 14.4 Å². The van der Waals surface area contributed by atoms with Crippen LogP contribution in [-0.4, -0.2) is 9.97 Å². The molecule has 0 bridgehead atoms. The molecule has 0 fully saturated rings. The van der Waals surface area contributed by atoms with Crippen LogP contribution in [0.4, 0.5) is 4.39 Å². The van der Waals surface area contributed by atoms with Crippen LogP contribution in [0.5, 0.6) is 11.8 Å². The number of rotatable bonds is 2. The Morgan fingerprint density at radius 1 is 1.06 bits per heavy atom. The number of halogens is 3. The second-order valence-corrected chi connectivity index (χ2v) is 4.69. The topological polar surface area (TPSA) is 35.0 Å². The summed E-state index contributed by atoms with van der Waals surface area (Å²) in [5, 5.41) is 0. The molecule has 2 rings (SSSR count). The highest BCUT2D eigenvalue weighted by Crippen LogP contribution is 2.24. The van der Waals surface area contributed by atoms with Gasteiger partial charge < -0.3 is 4.74 Å². The molecule has 0 saturated heterocycles. The predicted octanol–water partition coefficient (Wildman–Crippen LogP) is 3.93. The van der Waals surface area contributed by atoms with Gasteiger partial charge in [0, 0.05) is 16.9 Å². The molecule has 0 unspecified atom stereocenters. The fourth-order valence-corrected chi connectivity index (χ4v) is 1.55. The van der Waals surface area contributed by atoms with Gasteiger partial charge in [-0.3, -0.25) is 0 Å². The zero-order valence-electron chi connectivity index (χ0n) is 7.82. The van der Waals surface area contributed by atoms with E-state index < -0.39 is 5.82 Å². The zero-order chi connectivity index (χ0) is 11.5. The van der Waals surface area contributed by atoms with Gasteiger partial charge in [0.15, 0.2) is 11.6 Å². The maximum atomic E-state index is 13.4. The van der Waals surface area contributed by atoms with Crippen molar-refractivity contribution >= 4 is 31.9 Å². The Morgan fingerprint density at radius 3 is 2.38 bits per heavy atom. The van der Waals surface area contributed by atoms with E-state index in [4.69, 9.17) is 4.74 Å². The van der Waals surface area contributed by atoms with Gasteiger partial charge in [-0.15, -0.1) is 0 Å². The van der Waals surface area contributed by atoms with Crippen LogP contribution in [0.2, 0.25) is 0 Å². The van der Waals surface area contributed by atoms with Crippen molar-refractivity contribution in [3.8, 4) is 11.8 Å². The Balaban J connectivity index is 2.23. The molecule has 0 aliphatic heterocycles. The van der Waals surface area contributed by atoms with E-state index in [1.54, 1.807) is 6.07 Å². The lowest BCUT2D eigenvalue weighted by Crippen LogP contribution is -1.93. The van der Waals surface area contributed by atoms with Gasteiger partial charge in [-0.2, -0.15) is 0 Å². The first-order valence-corrected chi connectivity index (χ1v) is 5.84. The summed E-state index contributed by atoms with van der Waals surface area (Å²) >= 11 is 6.35. The third-order valence-corrected chi connectivity index (χ3v) is 2.59. The van der Waals surface area contributed by atoms with Crippen LogP contribution in [0.1, 0.15) is 0 Å². The molecule has 0 N–H and O–H groups in total. The number of benzene rings is 1. The van der Waals surface area contributed by atoms with Crippen LogP contribution in [0.15, 0.2) is 39.5 Å². The van der Waals surface area contributed by atoms with Crippen molar-refractivity contribution in [1.29, 1.82) is 0 Å². The van der Waals surface area contributed by atoms with Gasteiger partial charge in [0.2, 0.25) is 0 Å². The highest BCUT2D eigenvalue weighted by atomic mass is 79.9. The molecule has 0 aliphatic carbocycles. The number of ether oxygens (including phenoxy) is 1. The van der Waals surface area contributed by atoms with Crippen molar-refractivity contribution < 1.29 is 9.13 Å². The van der Waals surface area contributed by atoms with Crippen molar-refractivity contribution in [2.75, 3.05) is 0 Å². The Labute approximate surface area is 108 Å². The Bertz CT molecular complexity index is 505. The fourth-order valence-electron chi connectivity index (χ4n) is 1.01. The molecule has 0 aliphatic rings. The largest absolute Gasteiger partial charge is 0.421 e. The molecular weight excluding hydrogens is 343 g/mol. The van der Waals surface area contributed by atoms with E-state index in [2.05, 4.69) is 41.8 Å². The number of aromatic nitrogens is 2. The van der Waals surface area contributed by atoms with Crippen LogP contribution >= 0.6 is 31.9 Å². The monoisotopic (exact) mass is 346 g/mol. The van der Waals surface area contributed by atoms with E-state index in [9.17, 15) is 4.39 Å². The molecule has 0 saturated carbocycles. The third kappa shape index (κ3) is 2.76. The SMILES string of the molecule is Fc1cc(Br)ccc1Oc1ncc(Br)cn1. The molecule has 2 aromatic rings. The average molecular weight is 348 g/mol. The lowest BCUT2D eigenvalue weighted by atomic mass is 10.3. The van der Waals surface area contributed by atoms with Crippen molar-refractivity contribution in [2.45, 2.75) is 0 Å². The fraction of sp³-hybridized carbons (Fsp3) is 0. The Hall–Kier alpha value is -1.01. The van der Waals surface area contributed by atoms with E-state index in [0.29, 0.717) is 4.47 Å². The van der Waals surface area contributed by atoms with Gasteiger partial charge >= 0.3 is 6.01 Å². The molecular formula is C10H5Br2FN2O. The van der Waals surface area contributed by atoms with Crippen molar-refractivity contribution in [3.63, 3.8) is 0 Å². The maximum absolute atomic E-state index is 13.4. The first-order chi connectivity index (χ1) is 7.65. The van der Waals surface area contributed by atoms with Gasteiger partial charge in [0.05, 0.1) is 4.47 Å². The van der Waals surface area contributed by atoms with E-state index in [1.165, 1.54) is 24.5 Å². The average Bonchev–Trinajstić information content (AvgIpc) is 2.25. The van der Waals surface area contributed by atoms with Gasteiger partial charge in [-0.1, -0.05) is 15.9 Å². The molecule has 1 aromatic heterocycles. The normalized spacial score (nSPS) is 10.2. The summed E-state index contributed by atoms with van der Waals surface area (Å²) in [6, 6.07) is 4.60. The van der Waals surface area contributed by atoms with Crippen LogP contribution in [0.25, 0.3) is 0 Å². The number of hydrogen-bond acceptors (Lipinski definition) is 3. The molecule has 0 atom stereocenters. The summed E-state index contributed by atoms with van der Waals surface area (Å²) < 4.78 is 20.0. The number of hydrogen-bond donors (Lipinski definition) is 0. The van der Waals surface area contributed by atoms with E-state index >= 15 is 0 Å². The molecule has 0 radical (unpaired) electrons. The Kier molecular flexibility index (Phi) is 3.50. The van der Waals surface area contributed by atoms with E-state index in [1.807, 2.05) is 0 Å². The second kappa shape index (κ2) is 4.88. The van der Waals surface area contributed by atoms with Crippen molar-refractivity contribution in [1.82, 2.24) is 9.97 Å². The Morgan fingerprint density at radius 2 is 1.75 bits per heavy atom. The molecule has 3 nitrogen and oxygen atoms in total. The van der Waals surface area contributed by atoms with Gasteiger partial charge in [-0.05, 0) is 34.1 Å². The summed E-state index contributed by atoms with van der Waals surface area (Å²) in [5.74, 6) is -0.383. The first-order valence-electron chi connectivity index (χ1n) is 4.25. The summed E-state index contributed by atoms with van der Waals surface area (Å²) in [5.41, 5.74) is 0. The van der Waals surface area contributed by atoms with E-state index in [-0.39, 0.29) is 11.8 Å². The van der Waals surface area contributed by atoms with Crippen LogP contribution in [-0.2, 0) is 0 Å². The van der Waals surface area contributed by atoms with Crippen LogP contribution in [0, 0.1) is 5.82 Å². The van der Waals surface area contributed by atoms with Gasteiger partial charge in [0.25, 0.3) is 0 Å². The quantitative estimate of drug-likeness (QED) is 0.825. The van der Waals surface area contributed by atoms with Crippen LogP contribution < -0.4 is 4.74 Å². The lowest BCUT2D eigenvalue weighted by molar-refractivity contribution is 0.410.